The Morgan fingerprint density at radius 2 is 2.30 bits per heavy atom. The van der Waals surface area contributed by atoms with E-state index >= 15 is 0 Å². The monoisotopic (exact) mass is 285 g/mol. The summed E-state index contributed by atoms with van der Waals surface area (Å²) >= 11 is 1.97. The van der Waals surface area contributed by atoms with E-state index in [1.54, 1.807) is 0 Å². The molecule has 0 bridgehead atoms. The second kappa shape index (κ2) is 4.66. The first-order valence-corrected chi connectivity index (χ1v) is 7.89. The molecule has 1 aliphatic rings. The van der Waals surface area contributed by atoms with Crippen LogP contribution in [-0.4, -0.2) is 20.3 Å². The fraction of sp³-hybridized carbons (Fsp3) is 0.333. The van der Waals surface area contributed by atoms with Gasteiger partial charge in [-0.25, -0.2) is 9.97 Å². The van der Waals surface area contributed by atoms with E-state index in [1.807, 2.05) is 49.1 Å². The maximum absolute atomic E-state index is 5.78. The number of aryl methyl sites for hydroxylation is 1. The number of fused-ring (bicyclic) bond motifs is 1. The van der Waals surface area contributed by atoms with Crippen LogP contribution in [-0.2, 0) is 0 Å². The lowest BCUT2D eigenvalue weighted by molar-refractivity contribution is 0.536. The van der Waals surface area contributed by atoms with Crippen molar-refractivity contribution in [3.05, 3.63) is 36.2 Å². The average Bonchev–Trinajstić information content (AvgIpc) is 3.15. The van der Waals surface area contributed by atoms with Gasteiger partial charge >= 0.3 is 0 Å². The molecule has 0 saturated carbocycles. The van der Waals surface area contributed by atoms with Gasteiger partial charge < -0.3 is 4.42 Å². The molecule has 20 heavy (non-hydrogen) atoms. The topological polar surface area (TPSA) is 43.9 Å². The minimum Gasteiger partial charge on any atom is -0.458 e. The number of pyridine rings is 1. The first-order chi connectivity index (χ1) is 9.83. The lowest BCUT2D eigenvalue weighted by Gasteiger charge is -2.13. The number of furan rings is 1. The second-order valence-electron chi connectivity index (χ2n) is 5.03. The van der Waals surface area contributed by atoms with Gasteiger partial charge in [-0.05, 0) is 49.8 Å². The Balaban J connectivity index is 1.96. The van der Waals surface area contributed by atoms with Gasteiger partial charge in [-0.1, -0.05) is 0 Å². The molecule has 4 rings (SSSR count). The minimum absolute atomic E-state index is 0.412. The normalized spacial score (nSPS) is 18.9. The molecule has 0 radical (unpaired) electrons. The smallest absolute Gasteiger partial charge is 0.179 e. The largest absolute Gasteiger partial charge is 0.458 e. The fourth-order valence-electron chi connectivity index (χ4n) is 2.70. The molecule has 102 valence electrons. The predicted molar refractivity (Wildman–Crippen MR) is 80.7 cm³/mol. The third kappa shape index (κ3) is 1.85. The Labute approximate surface area is 121 Å². The quantitative estimate of drug-likeness (QED) is 0.713. The van der Waals surface area contributed by atoms with Gasteiger partial charge in [0.05, 0.1) is 5.37 Å². The van der Waals surface area contributed by atoms with Crippen molar-refractivity contribution in [2.75, 3.05) is 5.75 Å². The van der Waals surface area contributed by atoms with Crippen LogP contribution in [0.2, 0.25) is 0 Å². The van der Waals surface area contributed by atoms with E-state index in [2.05, 4.69) is 9.55 Å². The van der Waals surface area contributed by atoms with E-state index in [0.29, 0.717) is 5.37 Å². The van der Waals surface area contributed by atoms with Crippen molar-refractivity contribution < 1.29 is 4.42 Å². The predicted octanol–water partition coefficient (Wildman–Crippen LogP) is 4.03. The fourth-order valence-corrected chi connectivity index (χ4v) is 3.98. The van der Waals surface area contributed by atoms with E-state index in [1.165, 1.54) is 18.6 Å². The van der Waals surface area contributed by atoms with Crippen LogP contribution in [0.25, 0.3) is 22.7 Å². The van der Waals surface area contributed by atoms with Gasteiger partial charge in [0, 0.05) is 6.20 Å². The first kappa shape index (κ1) is 12.0. The first-order valence-electron chi connectivity index (χ1n) is 6.84. The van der Waals surface area contributed by atoms with Crippen LogP contribution in [0.1, 0.15) is 24.0 Å². The standard InChI is InChI=1S/C15H15N3OS/c1-10-6-7-12(19-10)15-17-11-4-2-8-16-14(11)18(15)13-5-3-9-20-13/h2,4,6-8,13H,3,5,9H2,1H3. The molecule has 3 aromatic heterocycles. The van der Waals surface area contributed by atoms with Crippen LogP contribution in [0.4, 0.5) is 0 Å². The summed E-state index contributed by atoms with van der Waals surface area (Å²) in [6, 6.07) is 7.91. The summed E-state index contributed by atoms with van der Waals surface area (Å²) in [7, 11) is 0. The number of thioether (sulfide) groups is 1. The van der Waals surface area contributed by atoms with E-state index in [4.69, 9.17) is 9.40 Å². The van der Waals surface area contributed by atoms with Gasteiger partial charge in [-0.3, -0.25) is 4.57 Å². The zero-order valence-corrected chi connectivity index (χ0v) is 12.1. The van der Waals surface area contributed by atoms with Crippen LogP contribution in [0.5, 0.6) is 0 Å². The highest BCUT2D eigenvalue weighted by molar-refractivity contribution is 7.99. The SMILES string of the molecule is Cc1ccc(-c2nc3cccnc3n2C2CCCS2)o1. The summed E-state index contributed by atoms with van der Waals surface area (Å²) in [6.07, 6.45) is 4.25. The molecule has 0 spiro atoms. The molecule has 4 heterocycles. The molecule has 1 fully saturated rings. The molecule has 1 unspecified atom stereocenters. The van der Waals surface area contributed by atoms with Gasteiger partial charge in [0.15, 0.2) is 17.2 Å². The summed E-state index contributed by atoms with van der Waals surface area (Å²) < 4.78 is 8.02. The van der Waals surface area contributed by atoms with Crippen molar-refractivity contribution in [1.29, 1.82) is 0 Å². The third-order valence-electron chi connectivity index (χ3n) is 3.60. The molecule has 1 atom stereocenters. The maximum Gasteiger partial charge on any atom is 0.179 e. The van der Waals surface area contributed by atoms with E-state index in [0.717, 1.165) is 28.5 Å². The molecule has 0 aromatic carbocycles. The molecule has 0 aliphatic carbocycles. The Kier molecular flexibility index (Phi) is 2.80. The zero-order valence-electron chi connectivity index (χ0n) is 11.2. The molecule has 0 N–H and O–H groups in total. The highest BCUT2D eigenvalue weighted by Gasteiger charge is 2.25. The van der Waals surface area contributed by atoms with Crippen LogP contribution in [0.3, 0.4) is 0 Å². The Morgan fingerprint density at radius 1 is 1.35 bits per heavy atom. The van der Waals surface area contributed by atoms with Crippen molar-refractivity contribution in [2.24, 2.45) is 0 Å². The number of aromatic nitrogens is 3. The van der Waals surface area contributed by atoms with E-state index < -0.39 is 0 Å². The van der Waals surface area contributed by atoms with Gasteiger partial charge in [-0.15, -0.1) is 11.8 Å². The summed E-state index contributed by atoms with van der Waals surface area (Å²) in [5.41, 5.74) is 1.89. The van der Waals surface area contributed by atoms with Crippen molar-refractivity contribution in [1.82, 2.24) is 14.5 Å². The highest BCUT2D eigenvalue weighted by atomic mass is 32.2. The highest BCUT2D eigenvalue weighted by Crippen LogP contribution is 2.40. The van der Waals surface area contributed by atoms with Crippen LogP contribution in [0, 0.1) is 6.92 Å². The number of rotatable bonds is 2. The number of hydrogen-bond donors (Lipinski definition) is 0. The maximum atomic E-state index is 5.78. The summed E-state index contributed by atoms with van der Waals surface area (Å²) in [5.74, 6) is 3.83. The third-order valence-corrected chi connectivity index (χ3v) is 4.96. The molecule has 5 heteroatoms. The van der Waals surface area contributed by atoms with Crippen LogP contribution < -0.4 is 0 Å². The van der Waals surface area contributed by atoms with Crippen molar-refractivity contribution in [3.8, 4) is 11.6 Å². The second-order valence-corrected chi connectivity index (χ2v) is 6.32. The lowest BCUT2D eigenvalue weighted by atomic mass is 10.3. The van der Waals surface area contributed by atoms with Crippen LogP contribution >= 0.6 is 11.8 Å². The average molecular weight is 285 g/mol. The number of hydrogen-bond acceptors (Lipinski definition) is 4. The van der Waals surface area contributed by atoms with Crippen molar-refractivity contribution >= 4 is 22.9 Å². The zero-order chi connectivity index (χ0) is 13.5. The summed E-state index contributed by atoms with van der Waals surface area (Å²) in [4.78, 5) is 9.26. The molecule has 0 amide bonds. The van der Waals surface area contributed by atoms with E-state index in [9.17, 15) is 0 Å². The molecular weight excluding hydrogens is 270 g/mol. The van der Waals surface area contributed by atoms with Crippen molar-refractivity contribution in [2.45, 2.75) is 25.1 Å². The Hall–Kier alpha value is -1.75. The van der Waals surface area contributed by atoms with E-state index in [-0.39, 0.29) is 0 Å². The Bertz CT molecular complexity index is 755. The molecular formula is C15H15N3OS. The summed E-state index contributed by atoms with van der Waals surface area (Å²) in [5, 5.41) is 0.412. The van der Waals surface area contributed by atoms with Crippen LogP contribution in [0.15, 0.2) is 34.9 Å². The molecule has 1 saturated heterocycles. The van der Waals surface area contributed by atoms with Gasteiger partial charge in [0.1, 0.15) is 11.3 Å². The van der Waals surface area contributed by atoms with Gasteiger partial charge in [0.2, 0.25) is 0 Å². The molecule has 3 aromatic rings. The molecule has 1 aliphatic heterocycles. The van der Waals surface area contributed by atoms with Gasteiger partial charge in [-0.2, -0.15) is 0 Å². The summed E-state index contributed by atoms with van der Waals surface area (Å²) in [6.45, 7) is 1.96. The molecule has 4 nitrogen and oxygen atoms in total. The number of imidazole rings is 1. The Morgan fingerprint density at radius 3 is 3.05 bits per heavy atom. The van der Waals surface area contributed by atoms with Crippen molar-refractivity contribution in [3.63, 3.8) is 0 Å². The lowest BCUT2D eigenvalue weighted by Crippen LogP contribution is -2.04. The minimum atomic E-state index is 0.412. The number of nitrogens with zero attached hydrogens (tertiary/aromatic N) is 3. The van der Waals surface area contributed by atoms with Gasteiger partial charge in [0.25, 0.3) is 0 Å².